The molecule has 4 N–H and O–H groups in total. The molecule has 0 atom stereocenters. The van der Waals surface area contributed by atoms with Crippen molar-refractivity contribution in [2.24, 2.45) is 5.92 Å². The molecule has 0 saturated heterocycles. The molecule has 0 aliphatic heterocycles. The highest BCUT2D eigenvalue weighted by atomic mass is 35.5. The average Bonchev–Trinajstić information content (AvgIpc) is 2.29. The Balaban J connectivity index is 3.33. The van der Waals surface area contributed by atoms with Crippen LogP contribution in [0.15, 0.2) is 6.07 Å². The minimum atomic E-state index is -0.414. The predicted molar refractivity (Wildman–Crippen MR) is 74.8 cm³/mol. The average molecular weight is 271 g/mol. The molecule has 0 saturated carbocycles. The van der Waals surface area contributed by atoms with Crippen molar-refractivity contribution in [2.45, 2.75) is 27.2 Å². The SMILES string of the molecule is CCOC(=O)c1cc(N)c(Cl)c(N)c1CC(C)C. The van der Waals surface area contributed by atoms with Gasteiger partial charge in [0.25, 0.3) is 0 Å². The maximum Gasteiger partial charge on any atom is 0.338 e. The second kappa shape index (κ2) is 5.96. The van der Waals surface area contributed by atoms with E-state index < -0.39 is 5.97 Å². The maximum atomic E-state index is 11.9. The number of nitrogens with two attached hydrogens (primary N) is 2. The molecule has 100 valence electrons. The molecule has 0 heterocycles. The van der Waals surface area contributed by atoms with Crippen LogP contribution in [0.5, 0.6) is 0 Å². The van der Waals surface area contributed by atoms with Gasteiger partial charge in [-0.05, 0) is 30.9 Å². The Kier molecular flexibility index (Phi) is 4.84. The molecule has 0 radical (unpaired) electrons. The number of carbonyl (C=O) groups excluding carboxylic acids is 1. The van der Waals surface area contributed by atoms with Gasteiger partial charge >= 0.3 is 5.97 Å². The Hall–Kier alpha value is -1.42. The van der Waals surface area contributed by atoms with Gasteiger partial charge in [-0.1, -0.05) is 25.4 Å². The lowest BCUT2D eigenvalue weighted by molar-refractivity contribution is 0.0525. The fourth-order valence-corrected chi connectivity index (χ4v) is 1.93. The van der Waals surface area contributed by atoms with Crippen LogP contribution < -0.4 is 11.5 Å². The molecule has 5 heteroatoms. The summed E-state index contributed by atoms with van der Waals surface area (Å²) in [5.74, 6) is -0.0663. The summed E-state index contributed by atoms with van der Waals surface area (Å²) in [6, 6.07) is 1.54. The summed E-state index contributed by atoms with van der Waals surface area (Å²) in [7, 11) is 0. The fourth-order valence-electron chi connectivity index (χ4n) is 1.76. The van der Waals surface area contributed by atoms with Crippen molar-refractivity contribution in [1.82, 2.24) is 0 Å². The van der Waals surface area contributed by atoms with Gasteiger partial charge in [0.15, 0.2) is 0 Å². The van der Waals surface area contributed by atoms with E-state index in [2.05, 4.69) is 0 Å². The van der Waals surface area contributed by atoms with Crippen LogP contribution in [-0.2, 0) is 11.2 Å². The summed E-state index contributed by atoms with van der Waals surface area (Å²) in [5, 5.41) is 0.304. The van der Waals surface area contributed by atoms with Gasteiger partial charge < -0.3 is 16.2 Å². The molecule has 18 heavy (non-hydrogen) atoms. The second-order valence-electron chi connectivity index (χ2n) is 4.54. The molecule has 1 aromatic rings. The Bertz CT molecular complexity index is 459. The Morgan fingerprint density at radius 3 is 2.56 bits per heavy atom. The van der Waals surface area contributed by atoms with Crippen LogP contribution in [0.1, 0.15) is 36.7 Å². The lowest BCUT2D eigenvalue weighted by atomic mass is 9.95. The van der Waals surface area contributed by atoms with E-state index in [-0.39, 0.29) is 0 Å². The lowest BCUT2D eigenvalue weighted by Gasteiger charge is -2.16. The fraction of sp³-hybridized carbons (Fsp3) is 0.462. The number of esters is 1. The van der Waals surface area contributed by atoms with Gasteiger partial charge in [-0.3, -0.25) is 0 Å². The summed E-state index contributed by atoms with van der Waals surface area (Å²) >= 11 is 6.02. The number of halogens is 1. The topological polar surface area (TPSA) is 78.3 Å². The number of hydrogen-bond donors (Lipinski definition) is 2. The minimum Gasteiger partial charge on any atom is -0.462 e. The molecule has 1 aromatic carbocycles. The highest BCUT2D eigenvalue weighted by molar-refractivity contribution is 6.36. The van der Waals surface area contributed by atoms with E-state index in [1.54, 1.807) is 6.92 Å². The number of anilines is 2. The minimum absolute atomic E-state index is 0.296. The van der Waals surface area contributed by atoms with Crippen LogP contribution in [0.4, 0.5) is 11.4 Å². The normalized spacial score (nSPS) is 10.7. The van der Waals surface area contributed by atoms with Gasteiger partial charge in [0, 0.05) is 0 Å². The molecule has 0 fully saturated rings. The molecule has 0 spiro atoms. The summed E-state index contributed by atoms with van der Waals surface area (Å²) < 4.78 is 5.01. The van der Waals surface area contributed by atoms with Crippen molar-refractivity contribution in [3.63, 3.8) is 0 Å². The van der Waals surface area contributed by atoms with Gasteiger partial charge in [0.05, 0.1) is 28.6 Å². The number of hydrogen-bond acceptors (Lipinski definition) is 4. The van der Waals surface area contributed by atoms with Gasteiger partial charge in [0.2, 0.25) is 0 Å². The van der Waals surface area contributed by atoms with E-state index >= 15 is 0 Å². The highest BCUT2D eigenvalue weighted by Crippen LogP contribution is 2.33. The van der Waals surface area contributed by atoms with E-state index in [0.717, 1.165) is 0 Å². The van der Waals surface area contributed by atoms with E-state index in [1.807, 2.05) is 13.8 Å². The lowest BCUT2D eigenvalue weighted by Crippen LogP contribution is -2.13. The first-order chi connectivity index (χ1) is 8.38. The molecule has 0 aliphatic carbocycles. The smallest absolute Gasteiger partial charge is 0.338 e. The zero-order valence-corrected chi connectivity index (χ0v) is 11.7. The first kappa shape index (κ1) is 14.6. The molecule has 0 unspecified atom stereocenters. The van der Waals surface area contributed by atoms with E-state index in [0.29, 0.717) is 46.5 Å². The first-order valence-electron chi connectivity index (χ1n) is 5.91. The molecular formula is C13H19ClN2O2. The van der Waals surface area contributed by atoms with Crippen molar-refractivity contribution in [3.05, 3.63) is 22.2 Å². The summed E-state index contributed by atoms with van der Waals surface area (Å²) in [6.07, 6.45) is 0.653. The van der Waals surface area contributed by atoms with Gasteiger partial charge in [0.1, 0.15) is 0 Å². The number of nitrogen functional groups attached to an aromatic ring is 2. The molecule has 1 rings (SSSR count). The first-order valence-corrected chi connectivity index (χ1v) is 6.29. The molecule has 0 bridgehead atoms. The molecule has 0 amide bonds. The van der Waals surface area contributed by atoms with Crippen LogP contribution in [0, 0.1) is 5.92 Å². The third kappa shape index (κ3) is 3.07. The Morgan fingerprint density at radius 1 is 1.44 bits per heavy atom. The van der Waals surface area contributed by atoms with Gasteiger partial charge in [-0.15, -0.1) is 0 Å². The summed E-state index contributed by atoms with van der Waals surface area (Å²) in [4.78, 5) is 11.9. The third-order valence-corrected chi connectivity index (χ3v) is 2.97. The van der Waals surface area contributed by atoms with Crippen LogP contribution in [0.25, 0.3) is 0 Å². The van der Waals surface area contributed by atoms with Crippen molar-refractivity contribution < 1.29 is 9.53 Å². The van der Waals surface area contributed by atoms with E-state index in [4.69, 9.17) is 27.8 Å². The van der Waals surface area contributed by atoms with Crippen molar-refractivity contribution >= 4 is 28.9 Å². The third-order valence-electron chi connectivity index (χ3n) is 2.55. The second-order valence-corrected chi connectivity index (χ2v) is 4.92. The van der Waals surface area contributed by atoms with Crippen molar-refractivity contribution in [3.8, 4) is 0 Å². The number of rotatable bonds is 4. The predicted octanol–water partition coefficient (Wildman–Crippen LogP) is 2.88. The zero-order valence-electron chi connectivity index (χ0n) is 10.9. The monoisotopic (exact) mass is 270 g/mol. The van der Waals surface area contributed by atoms with Crippen LogP contribution in [0.3, 0.4) is 0 Å². The maximum absolute atomic E-state index is 11.9. The highest BCUT2D eigenvalue weighted by Gasteiger charge is 2.20. The molecule has 0 aromatic heterocycles. The largest absolute Gasteiger partial charge is 0.462 e. The molecular weight excluding hydrogens is 252 g/mol. The molecule has 4 nitrogen and oxygen atoms in total. The van der Waals surface area contributed by atoms with Crippen molar-refractivity contribution in [2.75, 3.05) is 18.1 Å². The number of ether oxygens (including phenoxy) is 1. The van der Waals surface area contributed by atoms with Crippen molar-refractivity contribution in [1.29, 1.82) is 0 Å². The van der Waals surface area contributed by atoms with E-state index in [1.165, 1.54) is 6.07 Å². The van der Waals surface area contributed by atoms with Gasteiger partial charge in [-0.2, -0.15) is 0 Å². The van der Waals surface area contributed by atoms with Crippen LogP contribution >= 0.6 is 11.6 Å². The standard InChI is InChI=1S/C13H19ClN2O2/c1-4-18-13(17)9-6-10(15)11(14)12(16)8(9)5-7(2)3/h6-7H,4-5,15-16H2,1-3H3. The van der Waals surface area contributed by atoms with Gasteiger partial charge in [-0.25, -0.2) is 4.79 Å². The van der Waals surface area contributed by atoms with Crippen LogP contribution in [0.2, 0.25) is 5.02 Å². The zero-order chi connectivity index (χ0) is 13.9. The number of benzene rings is 1. The molecule has 0 aliphatic rings. The quantitative estimate of drug-likeness (QED) is 0.651. The number of carbonyl (C=O) groups is 1. The summed E-state index contributed by atoms with van der Waals surface area (Å²) in [6.45, 7) is 6.14. The Morgan fingerprint density at radius 2 is 2.06 bits per heavy atom. The Labute approximate surface area is 112 Å². The van der Waals surface area contributed by atoms with E-state index in [9.17, 15) is 4.79 Å². The van der Waals surface area contributed by atoms with Crippen LogP contribution in [-0.4, -0.2) is 12.6 Å². The summed E-state index contributed by atoms with van der Waals surface area (Å²) in [5.41, 5.74) is 13.5.